The van der Waals surface area contributed by atoms with Gasteiger partial charge < -0.3 is 5.11 Å². The number of hydrogen-bond donors (Lipinski definition) is 1. The molecule has 1 aromatic carbocycles. The van der Waals surface area contributed by atoms with Crippen LogP contribution in [0.5, 0.6) is 0 Å². The van der Waals surface area contributed by atoms with Crippen molar-refractivity contribution in [3.8, 4) is 16.5 Å². The summed E-state index contributed by atoms with van der Waals surface area (Å²) in [6.45, 7) is 1.87. The number of carboxylic acids is 1. The molecule has 1 heterocycles. The van der Waals surface area contributed by atoms with E-state index in [2.05, 4.69) is 6.07 Å². The molecule has 0 spiro atoms. The molecule has 0 aliphatic rings. The van der Waals surface area contributed by atoms with Crippen LogP contribution < -0.4 is 0 Å². The number of thiophene rings is 1. The molecule has 0 amide bonds. The van der Waals surface area contributed by atoms with Crippen LogP contribution in [0.25, 0.3) is 10.4 Å². The van der Waals surface area contributed by atoms with E-state index in [0.29, 0.717) is 10.4 Å². The summed E-state index contributed by atoms with van der Waals surface area (Å²) in [4.78, 5) is 12.1. The van der Waals surface area contributed by atoms with Crippen LogP contribution in [-0.2, 0) is 0 Å². The van der Waals surface area contributed by atoms with Gasteiger partial charge in [-0.1, -0.05) is 12.1 Å². The Kier molecular flexibility index (Phi) is 2.94. The molecule has 0 atom stereocenters. The van der Waals surface area contributed by atoms with E-state index in [1.807, 2.05) is 13.0 Å². The molecular weight excluding hydrogens is 234 g/mol. The molecule has 17 heavy (non-hydrogen) atoms. The highest BCUT2D eigenvalue weighted by molar-refractivity contribution is 7.17. The van der Waals surface area contributed by atoms with Crippen LogP contribution in [0.15, 0.2) is 30.3 Å². The lowest BCUT2D eigenvalue weighted by Crippen LogP contribution is -1.89. The number of aryl methyl sites for hydroxylation is 1. The van der Waals surface area contributed by atoms with Crippen molar-refractivity contribution in [3.63, 3.8) is 0 Å². The Morgan fingerprint density at radius 1 is 1.41 bits per heavy atom. The molecule has 0 fully saturated rings. The molecule has 0 aliphatic heterocycles. The van der Waals surface area contributed by atoms with Crippen LogP contribution in [0, 0.1) is 18.3 Å². The van der Waals surface area contributed by atoms with Crippen LogP contribution in [0.1, 0.15) is 20.8 Å². The molecule has 0 unspecified atom stereocenters. The molecule has 2 aromatic rings. The van der Waals surface area contributed by atoms with Gasteiger partial charge in [-0.25, -0.2) is 4.79 Å². The third-order valence-electron chi connectivity index (χ3n) is 2.38. The van der Waals surface area contributed by atoms with Gasteiger partial charge in [-0.2, -0.15) is 5.26 Å². The van der Waals surface area contributed by atoms with Crippen molar-refractivity contribution in [2.75, 3.05) is 0 Å². The van der Waals surface area contributed by atoms with Crippen molar-refractivity contribution < 1.29 is 9.90 Å². The molecule has 0 saturated carbocycles. The molecule has 2 rings (SSSR count). The SMILES string of the molecule is Cc1cc(C(=O)O)sc1-c1cccc(C#N)c1. The van der Waals surface area contributed by atoms with E-state index in [-0.39, 0.29) is 0 Å². The monoisotopic (exact) mass is 243 g/mol. The van der Waals surface area contributed by atoms with Crippen molar-refractivity contribution in [3.05, 3.63) is 46.3 Å². The van der Waals surface area contributed by atoms with Gasteiger partial charge >= 0.3 is 5.97 Å². The standard InChI is InChI=1S/C13H9NO2S/c1-8-5-11(13(15)16)17-12(8)10-4-2-3-9(6-10)7-14/h2-6H,1H3,(H,15,16). The van der Waals surface area contributed by atoms with Crippen molar-refractivity contribution >= 4 is 17.3 Å². The zero-order valence-corrected chi connectivity index (χ0v) is 9.91. The summed E-state index contributed by atoms with van der Waals surface area (Å²) in [6.07, 6.45) is 0. The quantitative estimate of drug-likeness (QED) is 0.880. The van der Waals surface area contributed by atoms with E-state index >= 15 is 0 Å². The molecule has 0 bridgehead atoms. The lowest BCUT2D eigenvalue weighted by Gasteiger charge is -1.99. The first-order valence-corrected chi connectivity index (χ1v) is 5.77. The summed E-state index contributed by atoms with van der Waals surface area (Å²) in [6, 6.07) is 10.9. The molecule has 0 saturated heterocycles. The molecular formula is C13H9NO2S. The minimum atomic E-state index is -0.916. The Morgan fingerprint density at radius 2 is 2.18 bits per heavy atom. The van der Waals surface area contributed by atoms with Gasteiger partial charge in [-0.05, 0) is 36.2 Å². The summed E-state index contributed by atoms with van der Waals surface area (Å²) in [5.41, 5.74) is 2.38. The minimum absolute atomic E-state index is 0.319. The fourth-order valence-corrected chi connectivity index (χ4v) is 2.61. The number of nitriles is 1. The lowest BCUT2D eigenvalue weighted by atomic mass is 10.1. The Morgan fingerprint density at radius 3 is 2.76 bits per heavy atom. The van der Waals surface area contributed by atoms with Gasteiger partial charge in [0.05, 0.1) is 11.6 Å². The molecule has 84 valence electrons. The molecule has 4 heteroatoms. The fourth-order valence-electron chi connectivity index (χ4n) is 1.60. The van der Waals surface area contributed by atoms with Crippen molar-refractivity contribution in [1.29, 1.82) is 5.26 Å². The maximum Gasteiger partial charge on any atom is 0.345 e. The Bertz CT molecular complexity index is 623. The second-order valence-electron chi connectivity index (χ2n) is 3.62. The Balaban J connectivity index is 2.53. The van der Waals surface area contributed by atoms with Crippen molar-refractivity contribution in [2.24, 2.45) is 0 Å². The van der Waals surface area contributed by atoms with Gasteiger partial charge in [-0.15, -0.1) is 11.3 Å². The Labute approximate surface area is 103 Å². The fraction of sp³-hybridized carbons (Fsp3) is 0.0769. The topological polar surface area (TPSA) is 61.1 Å². The van der Waals surface area contributed by atoms with Gasteiger partial charge in [0.15, 0.2) is 0 Å². The van der Waals surface area contributed by atoms with Crippen LogP contribution in [0.3, 0.4) is 0 Å². The van der Waals surface area contributed by atoms with Crippen LogP contribution in [0.2, 0.25) is 0 Å². The van der Waals surface area contributed by atoms with Gasteiger partial charge in [0.25, 0.3) is 0 Å². The highest BCUT2D eigenvalue weighted by Crippen LogP contribution is 2.32. The van der Waals surface area contributed by atoms with Gasteiger partial charge in [-0.3, -0.25) is 0 Å². The number of hydrogen-bond acceptors (Lipinski definition) is 3. The molecule has 0 radical (unpaired) electrons. The average Bonchev–Trinajstić information content (AvgIpc) is 2.72. The predicted octanol–water partition coefficient (Wildman–Crippen LogP) is 3.29. The Hall–Kier alpha value is -2.12. The number of rotatable bonds is 2. The first-order chi connectivity index (χ1) is 8.11. The summed E-state index contributed by atoms with van der Waals surface area (Å²) < 4.78 is 0. The highest BCUT2D eigenvalue weighted by atomic mass is 32.1. The third kappa shape index (κ3) is 2.19. The highest BCUT2D eigenvalue weighted by Gasteiger charge is 2.12. The van der Waals surface area contributed by atoms with Crippen LogP contribution in [-0.4, -0.2) is 11.1 Å². The largest absolute Gasteiger partial charge is 0.477 e. The summed E-state index contributed by atoms with van der Waals surface area (Å²) >= 11 is 1.23. The lowest BCUT2D eigenvalue weighted by molar-refractivity contribution is 0.0702. The van der Waals surface area contributed by atoms with E-state index in [4.69, 9.17) is 10.4 Å². The first kappa shape index (κ1) is 11.4. The van der Waals surface area contributed by atoms with E-state index in [9.17, 15) is 4.79 Å². The smallest absolute Gasteiger partial charge is 0.345 e. The van der Waals surface area contributed by atoms with Crippen LogP contribution >= 0.6 is 11.3 Å². The van der Waals surface area contributed by atoms with Gasteiger partial charge in [0, 0.05) is 4.88 Å². The second-order valence-corrected chi connectivity index (χ2v) is 4.67. The average molecular weight is 243 g/mol. The number of benzene rings is 1. The molecule has 0 aliphatic carbocycles. The summed E-state index contributed by atoms with van der Waals surface area (Å²) in [5, 5.41) is 17.8. The van der Waals surface area contributed by atoms with Gasteiger partial charge in [0.2, 0.25) is 0 Å². The van der Waals surface area contributed by atoms with E-state index < -0.39 is 5.97 Å². The number of nitrogens with zero attached hydrogens (tertiary/aromatic N) is 1. The molecule has 1 aromatic heterocycles. The van der Waals surface area contributed by atoms with Crippen LogP contribution in [0.4, 0.5) is 0 Å². The van der Waals surface area contributed by atoms with Crippen molar-refractivity contribution in [2.45, 2.75) is 6.92 Å². The van der Waals surface area contributed by atoms with Gasteiger partial charge in [0.1, 0.15) is 4.88 Å². The number of carbonyl (C=O) groups is 1. The third-order valence-corrected chi connectivity index (χ3v) is 3.66. The zero-order chi connectivity index (χ0) is 12.4. The summed E-state index contributed by atoms with van der Waals surface area (Å²) in [5.74, 6) is -0.916. The van der Waals surface area contributed by atoms with Crippen molar-refractivity contribution in [1.82, 2.24) is 0 Å². The second kappa shape index (κ2) is 4.40. The van der Waals surface area contributed by atoms with E-state index in [1.54, 1.807) is 24.3 Å². The van der Waals surface area contributed by atoms with E-state index in [0.717, 1.165) is 16.0 Å². The number of aromatic carboxylic acids is 1. The molecule has 3 nitrogen and oxygen atoms in total. The normalized spacial score (nSPS) is 9.88. The van der Waals surface area contributed by atoms with E-state index in [1.165, 1.54) is 11.3 Å². The summed E-state index contributed by atoms with van der Waals surface area (Å²) in [7, 11) is 0. The molecule has 1 N–H and O–H groups in total. The maximum absolute atomic E-state index is 10.9. The number of carboxylic acid groups (broad SMARTS) is 1. The zero-order valence-electron chi connectivity index (χ0n) is 9.10. The maximum atomic E-state index is 10.9. The first-order valence-electron chi connectivity index (χ1n) is 4.96. The predicted molar refractivity (Wildman–Crippen MR) is 66.2 cm³/mol. The minimum Gasteiger partial charge on any atom is -0.477 e.